The van der Waals surface area contributed by atoms with Crippen LogP contribution in [0.1, 0.15) is 59.9 Å². The van der Waals surface area contributed by atoms with E-state index in [1.54, 1.807) is 6.92 Å². The maximum Gasteiger partial charge on any atom is 0.289 e. The van der Waals surface area contributed by atoms with Gasteiger partial charge in [0, 0.05) is 43.4 Å². The van der Waals surface area contributed by atoms with E-state index in [9.17, 15) is 4.79 Å². The van der Waals surface area contributed by atoms with Crippen molar-refractivity contribution in [3.8, 4) is 0 Å². The summed E-state index contributed by atoms with van der Waals surface area (Å²) in [5.74, 6) is 2.11. The molecule has 2 aliphatic rings. The molecule has 1 amide bonds. The van der Waals surface area contributed by atoms with E-state index < -0.39 is 0 Å². The topological polar surface area (TPSA) is 84.2 Å². The molecule has 0 radical (unpaired) electrons. The average Bonchev–Trinajstić information content (AvgIpc) is 3.26. The van der Waals surface area contributed by atoms with Gasteiger partial charge < -0.3 is 14.6 Å². The smallest absolute Gasteiger partial charge is 0.289 e. The highest BCUT2D eigenvalue weighted by Gasteiger charge is 2.29. The predicted octanol–water partition coefficient (Wildman–Crippen LogP) is 2.22. The Morgan fingerprint density at radius 3 is 2.92 bits per heavy atom. The van der Waals surface area contributed by atoms with Gasteiger partial charge in [-0.05, 0) is 32.3 Å². The number of nitrogens with zero attached hydrogens (tertiary/aromatic N) is 4. The predicted molar refractivity (Wildman–Crippen MR) is 92.7 cm³/mol. The van der Waals surface area contributed by atoms with Crippen LogP contribution in [0.5, 0.6) is 0 Å². The molecule has 25 heavy (non-hydrogen) atoms. The Labute approximate surface area is 146 Å². The number of rotatable bonds is 5. The van der Waals surface area contributed by atoms with Crippen molar-refractivity contribution in [2.45, 2.75) is 51.5 Å². The number of aryl methyl sites for hydroxylation is 2. The first-order valence-corrected chi connectivity index (χ1v) is 8.99. The quantitative estimate of drug-likeness (QED) is 0.898. The van der Waals surface area contributed by atoms with Crippen molar-refractivity contribution in [2.24, 2.45) is 0 Å². The minimum atomic E-state index is -0.191. The molecule has 3 heterocycles. The summed E-state index contributed by atoms with van der Waals surface area (Å²) in [7, 11) is 0. The van der Waals surface area contributed by atoms with Crippen molar-refractivity contribution < 1.29 is 9.21 Å². The molecule has 1 N–H and O–H groups in total. The highest BCUT2D eigenvalue weighted by molar-refractivity contribution is 5.92. The Morgan fingerprint density at radius 1 is 1.36 bits per heavy atom. The molecule has 0 spiro atoms. The molecule has 7 heteroatoms. The molecule has 0 bridgehead atoms. The highest BCUT2D eigenvalue weighted by atomic mass is 16.4. The van der Waals surface area contributed by atoms with E-state index in [0.717, 1.165) is 24.6 Å². The molecule has 1 unspecified atom stereocenters. The summed E-state index contributed by atoms with van der Waals surface area (Å²) in [6, 6.07) is 2.07. The van der Waals surface area contributed by atoms with Gasteiger partial charge in [-0.1, -0.05) is 6.92 Å². The first-order chi connectivity index (χ1) is 12.1. The van der Waals surface area contributed by atoms with Gasteiger partial charge in [0.2, 0.25) is 11.7 Å². The molecule has 2 aromatic heterocycles. The minimum Gasteiger partial charge on any atom is -0.435 e. The number of nitrogens with one attached hydrogen (secondary N) is 1. The number of anilines is 1. The van der Waals surface area contributed by atoms with Crippen LogP contribution in [0.3, 0.4) is 0 Å². The lowest BCUT2D eigenvalue weighted by atomic mass is 10.2. The largest absolute Gasteiger partial charge is 0.435 e. The highest BCUT2D eigenvalue weighted by Crippen LogP contribution is 2.39. The Balaban J connectivity index is 1.39. The number of carbonyl (C=O) groups excluding carboxylic acids is 1. The molecular formula is C18H23N5O2. The number of oxazole rings is 1. The van der Waals surface area contributed by atoms with Crippen LogP contribution in [-0.2, 0) is 6.42 Å². The van der Waals surface area contributed by atoms with Crippen LogP contribution >= 0.6 is 0 Å². The summed E-state index contributed by atoms with van der Waals surface area (Å²) in [4.78, 5) is 27.9. The second-order valence-electron chi connectivity index (χ2n) is 6.84. The van der Waals surface area contributed by atoms with Crippen molar-refractivity contribution in [3.05, 3.63) is 35.3 Å². The van der Waals surface area contributed by atoms with Gasteiger partial charge in [0.1, 0.15) is 0 Å². The zero-order valence-corrected chi connectivity index (χ0v) is 14.7. The SMILES string of the molecule is CCc1nc(C)c(C(=O)NC2CCN(c3nccc(C4CC4)n3)C2)o1. The average molecular weight is 341 g/mol. The van der Waals surface area contributed by atoms with Crippen molar-refractivity contribution in [3.63, 3.8) is 0 Å². The van der Waals surface area contributed by atoms with Gasteiger partial charge in [-0.2, -0.15) is 0 Å². The molecular weight excluding hydrogens is 318 g/mol. The van der Waals surface area contributed by atoms with E-state index in [1.807, 2.05) is 19.2 Å². The summed E-state index contributed by atoms with van der Waals surface area (Å²) < 4.78 is 5.53. The maximum absolute atomic E-state index is 12.5. The van der Waals surface area contributed by atoms with Crippen molar-refractivity contribution in [2.75, 3.05) is 18.0 Å². The van der Waals surface area contributed by atoms with E-state index >= 15 is 0 Å². The molecule has 0 aromatic carbocycles. The standard InChI is InChI=1S/C18H23N5O2/c1-3-15-20-11(2)16(25-15)17(24)21-13-7-9-23(10-13)18-19-8-6-14(22-18)12-4-5-12/h6,8,12-13H,3-5,7,9-10H2,1-2H3,(H,21,24). The lowest BCUT2D eigenvalue weighted by Crippen LogP contribution is -2.37. The summed E-state index contributed by atoms with van der Waals surface area (Å²) in [6.07, 6.45) is 5.85. The van der Waals surface area contributed by atoms with Crippen LogP contribution in [0.15, 0.2) is 16.7 Å². The van der Waals surface area contributed by atoms with E-state index in [-0.39, 0.29) is 11.9 Å². The monoisotopic (exact) mass is 341 g/mol. The van der Waals surface area contributed by atoms with Crippen LogP contribution in [0.2, 0.25) is 0 Å². The third-order valence-corrected chi connectivity index (χ3v) is 4.82. The fourth-order valence-corrected chi connectivity index (χ4v) is 3.25. The van der Waals surface area contributed by atoms with Gasteiger partial charge in [0.25, 0.3) is 5.91 Å². The fraction of sp³-hybridized carbons (Fsp3) is 0.556. The van der Waals surface area contributed by atoms with E-state index in [2.05, 4.69) is 20.2 Å². The van der Waals surface area contributed by atoms with Crippen LogP contribution in [0.4, 0.5) is 5.95 Å². The molecule has 1 saturated carbocycles. The molecule has 1 aliphatic heterocycles. The van der Waals surface area contributed by atoms with Gasteiger partial charge in [-0.15, -0.1) is 0 Å². The van der Waals surface area contributed by atoms with Crippen LogP contribution in [0, 0.1) is 6.92 Å². The normalized spacial score (nSPS) is 20.1. The first-order valence-electron chi connectivity index (χ1n) is 8.99. The van der Waals surface area contributed by atoms with Crippen LogP contribution in [0.25, 0.3) is 0 Å². The number of aromatic nitrogens is 3. The maximum atomic E-state index is 12.5. The third-order valence-electron chi connectivity index (χ3n) is 4.82. The number of carbonyl (C=O) groups is 1. The third kappa shape index (κ3) is 3.36. The molecule has 1 atom stereocenters. The Kier molecular flexibility index (Phi) is 4.15. The second-order valence-corrected chi connectivity index (χ2v) is 6.84. The summed E-state index contributed by atoms with van der Waals surface area (Å²) >= 11 is 0. The first kappa shape index (κ1) is 16.1. The van der Waals surface area contributed by atoms with Crippen molar-refractivity contribution >= 4 is 11.9 Å². The zero-order chi connectivity index (χ0) is 17.4. The number of hydrogen-bond donors (Lipinski definition) is 1. The van der Waals surface area contributed by atoms with Crippen LogP contribution in [-0.4, -0.2) is 40.0 Å². The number of hydrogen-bond acceptors (Lipinski definition) is 6. The Morgan fingerprint density at radius 2 is 2.20 bits per heavy atom. The van der Waals surface area contributed by atoms with E-state index in [1.165, 1.54) is 12.8 Å². The second kappa shape index (κ2) is 6.46. The van der Waals surface area contributed by atoms with E-state index in [4.69, 9.17) is 9.40 Å². The van der Waals surface area contributed by atoms with Gasteiger partial charge in [0.15, 0.2) is 5.89 Å². The zero-order valence-electron chi connectivity index (χ0n) is 14.7. The molecule has 132 valence electrons. The van der Waals surface area contributed by atoms with Crippen LogP contribution < -0.4 is 10.2 Å². The molecule has 1 aliphatic carbocycles. The minimum absolute atomic E-state index is 0.0651. The molecule has 2 aromatic rings. The molecule has 7 nitrogen and oxygen atoms in total. The van der Waals surface area contributed by atoms with Crippen molar-refractivity contribution in [1.82, 2.24) is 20.3 Å². The number of amides is 1. The Bertz CT molecular complexity index is 784. The summed E-state index contributed by atoms with van der Waals surface area (Å²) in [5.41, 5.74) is 1.78. The van der Waals surface area contributed by atoms with Gasteiger partial charge >= 0.3 is 0 Å². The summed E-state index contributed by atoms with van der Waals surface area (Å²) in [5, 5.41) is 3.05. The lowest BCUT2D eigenvalue weighted by molar-refractivity contribution is 0.0910. The van der Waals surface area contributed by atoms with Gasteiger partial charge in [-0.25, -0.2) is 15.0 Å². The molecule has 1 saturated heterocycles. The molecule has 2 fully saturated rings. The lowest BCUT2D eigenvalue weighted by Gasteiger charge is -2.17. The molecule has 4 rings (SSSR count). The van der Waals surface area contributed by atoms with Crippen molar-refractivity contribution in [1.29, 1.82) is 0 Å². The fourth-order valence-electron chi connectivity index (χ4n) is 3.25. The Hall–Kier alpha value is -2.44. The van der Waals surface area contributed by atoms with Gasteiger partial charge in [0.05, 0.1) is 5.69 Å². The van der Waals surface area contributed by atoms with Gasteiger partial charge in [-0.3, -0.25) is 4.79 Å². The summed E-state index contributed by atoms with van der Waals surface area (Å²) in [6.45, 7) is 5.32. The van der Waals surface area contributed by atoms with E-state index in [0.29, 0.717) is 36.2 Å².